The van der Waals surface area contributed by atoms with Crippen molar-refractivity contribution in [3.63, 3.8) is 0 Å². The number of benzene rings is 1. The molecule has 0 unspecified atom stereocenters. The van der Waals surface area contributed by atoms with Crippen molar-refractivity contribution < 1.29 is 9.84 Å². The van der Waals surface area contributed by atoms with Crippen LogP contribution >= 0.6 is 22.9 Å². The highest BCUT2D eigenvalue weighted by atomic mass is 35.5. The molecule has 3 rings (SSSR count). The van der Waals surface area contributed by atoms with E-state index in [1.165, 1.54) is 11.3 Å². The molecule has 0 amide bonds. The lowest BCUT2D eigenvalue weighted by atomic mass is 10.0. The molecule has 0 spiro atoms. The number of aromatic nitrogens is 3. The van der Waals surface area contributed by atoms with Gasteiger partial charge in [-0.3, -0.25) is 0 Å². The number of anilines is 2. The molecule has 0 bridgehead atoms. The van der Waals surface area contributed by atoms with Crippen LogP contribution in [0, 0.1) is 5.92 Å². The Morgan fingerprint density at radius 2 is 2.07 bits per heavy atom. The minimum absolute atomic E-state index is 0.0210. The van der Waals surface area contributed by atoms with E-state index in [0.29, 0.717) is 27.5 Å². The van der Waals surface area contributed by atoms with Crippen LogP contribution in [0.15, 0.2) is 24.3 Å². The van der Waals surface area contributed by atoms with E-state index < -0.39 is 0 Å². The third-order valence-corrected chi connectivity index (χ3v) is 5.43. The van der Waals surface area contributed by atoms with Gasteiger partial charge in [-0.15, -0.1) is 0 Å². The Morgan fingerprint density at radius 1 is 1.29 bits per heavy atom. The molecule has 2 heterocycles. The number of hydrogen-bond acceptors (Lipinski definition) is 8. The van der Waals surface area contributed by atoms with Gasteiger partial charge in [0.2, 0.25) is 0 Å². The van der Waals surface area contributed by atoms with Crippen LogP contribution in [-0.4, -0.2) is 39.8 Å². The minimum Gasteiger partial charge on any atom is -0.458 e. The van der Waals surface area contributed by atoms with Gasteiger partial charge in [0, 0.05) is 12.1 Å². The molecule has 0 fully saturated rings. The number of hydrogen-bond donors (Lipinski definition) is 2. The van der Waals surface area contributed by atoms with E-state index in [1.807, 2.05) is 36.2 Å². The first-order valence-electron chi connectivity index (χ1n) is 9.02. The first kappa shape index (κ1) is 20.6. The molecule has 2 aromatic heterocycles. The molecule has 0 aliphatic heterocycles. The average molecular weight is 422 g/mol. The number of rotatable bonds is 8. The van der Waals surface area contributed by atoms with E-state index in [0.717, 1.165) is 16.7 Å². The summed E-state index contributed by atoms with van der Waals surface area (Å²) in [5.41, 5.74) is 7.30. The van der Waals surface area contributed by atoms with Crippen LogP contribution in [0.3, 0.4) is 0 Å². The van der Waals surface area contributed by atoms with Gasteiger partial charge in [-0.05, 0) is 30.0 Å². The zero-order valence-corrected chi connectivity index (χ0v) is 17.7. The first-order chi connectivity index (χ1) is 13.4. The molecular weight excluding hydrogens is 398 g/mol. The molecule has 3 N–H and O–H groups in total. The predicted octanol–water partition coefficient (Wildman–Crippen LogP) is 3.74. The molecule has 0 saturated carbocycles. The van der Waals surface area contributed by atoms with Crippen molar-refractivity contribution in [2.24, 2.45) is 5.92 Å². The van der Waals surface area contributed by atoms with Crippen LogP contribution in [0.25, 0.3) is 10.3 Å². The van der Waals surface area contributed by atoms with Gasteiger partial charge in [-0.1, -0.05) is 48.9 Å². The van der Waals surface area contributed by atoms with E-state index >= 15 is 0 Å². The molecular formula is C19H24ClN5O2S. The standard InChI is InChI=1S/C19H24ClN5O2S/c1-11(2)7-14(9-26)25(3)17-15-16(22-18(21)28-15)23-19(24-17)27-10-12-5-4-6-13(20)8-12/h4-6,8,11,14,26H,7,9-10H2,1-3H3,(H2,21,22,23,24)/t14-/m1/s1. The SMILES string of the molecule is CC(C)C[C@H](CO)N(C)c1nc(OCc2cccc(Cl)c2)nc2nc(N)sc12. The molecule has 28 heavy (non-hydrogen) atoms. The number of fused-ring (bicyclic) bond motifs is 1. The number of halogens is 1. The maximum Gasteiger partial charge on any atom is 0.320 e. The van der Waals surface area contributed by atoms with Gasteiger partial charge >= 0.3 is 6.01 Å². The molecule has 0 aliphatic rings. The van der Waals surface area contributed by atoms with Crippen LogP contribution in [0.1, 0.15) is 25.8 Å². The van der Waals surface area contributed by atoms with Gasteiger partial charge in [-0.25, -0.2) is 0 Å². The fraction of sp³-hybridized carbons (Fsp3) is 0.421. The monoisotopic (exact) mass is 421 g/mol. The van der Waals surface area contributed by atoms with Gasteiger partial charge in [0.1, 0.15) is 11.3 Å². The van der Waals surface area contributed by atoms with Crippen LogP contribution < -0.4 is 15.4 Å². The molecule has 0 aliphatic carbocycles. The Kier molecular flexibility index (Phi) is 6.53. The number of likely N-dealkylation sites (N-methyl/N-ethyl adjacent to an activating group) is 1. The van der Waals surface area contributed by atoms with E-state index in [-0.39, 0.29) is 25.3 Å². The Labute approximate surface area is 173 Å². The number of nitrogen functional groups attached to an aromatic ring is 1. The van der Waals surface area contributed by atoms with Gasteiger partial charge in [0.05, 0.1) is 12.6 Å². The zero-order chi connectivity index (χ0) is 20.3. The fourth-order valence-corrected chi connectivity index (χ4v) is 3.97. The molecule has 0 radical (unpaired) electrons. The number of aliphatic hydroxyl groups excluding tert-OH is 1. The van der Waals surface area contributed by atoms with Crippen LogP contribution in [0.5, 0.6) is 6.01 Å². The zero-order valence-electron chi connectivity index (χ0n) is 16.1. The summed E-state index contributed by atoms with van der Waals surface area (Å²) in [5.74, 6) is 1.09. The Balaban J connectivity index is 1.92. The highest BCUT2D eigenvalue weighted by molar-refractivity contribution is 7.22. The summed E-state index contributed by atoms with van der Waals surface area (Å²) in [7, 11) is 1.90. The summed E-state index contributed by atoms with van der Waals surface area (Å²) in [4.78, 5) is 15.2. The normalized spacial score (nSPS) is 12.5. The quantitative estimate of drug-likeness (QED) is 0.571. The van der Waals surface area contributed by atoms with Gasteiger partial charge in [0.25, 0.3) is 0 Å². The molecule has 7 nitrogen and oxygen atoms in total. The smallest absolute Gasteiger partial charge is 0.320 e. The summed E-state index contributed by atoms with van der Waals surface area (Å²) in [5, 5.41) is 10.9. The van der Waals surface area contributed by atoms with Crippen molar-refractivity contribution in [3.05, 3.63) is 34.9 Å². The predicted molar refractivity (Wildman–Crippen MR) is 114 cm³/mol. The fourth-order valence-electron chi connectivity index (χ4n) is 2.96. The summed E-state index contributed by atoms with van der Waals surface area (Å²) < 4.78 is 6.58. The highest BCUT2D eigenvalue weighted by Crippen LogP contribution is 2.33. The second kappa shape index (κ2) is 8.89. The van der Waals surface area contributed by atoms with Crippen molar-refractivity contribution in [1.82, 2.24) is 15.0 Å². The maximum absolute atomic E-state index is 9.87. The number of nitrogens with zero attached hydrogens (tertiary/aromatic N) is 4. The van der Waals surface area contributed by atoms with E-state index in [2.05, 4.69) is 28.8 Å². The summed E-state index contributed by atoms with van der Waals surface area (Å²) >= 11 is 7.35. The Hall–Kier alpha value is -2.16. The summed E-state index contributed by atoms with van der Waals surface area (Å²) in [6.07, 6.45) is 0.825. The van der Waals surface area contributed by atoms with Crippen molar-refractivity contribution in [2.75, 3.05) is 24.3 Å². The third kappa shape index (κ3) is 4.81. The van der Waals surface area contributed by atoms with Crippen molar-refractivity contribution in [2.45, 2.75) is 32.9 Å². The molecule has 0 saturated heterocycles. The van der Waals surface area contributed by atoms with Gasteiger partial charge in [0.15, 0.2) is 16.6 Å². The highest BCUT2D eigenvalue weighted by Gasteiger charge is 2.22. The van der Waals surface area contributed by atoms with Crippen molar-refractivity contribution >= 4 is 44.2 Å². The molecule has 1 aromatic carbocycles. The van der Waals surface area contributed by atoms with Crippen LogP contribution in [0.2, 0.25) is 5.02 Å². The van der Waals surface area contributed by atoms with Crippen LogP contribution in [0.4, 0.5) is 10.9 Å². The Bertz CT molecular complexity index is 949. The summed E-state index contributed by atoms with van der Waals surface area (Å²) in [6, 6.07) is 7.55. The first-order valence-corrected chi connectivity index (χ1v) is 10.2. The van der Waals surface area contributed by atoms with Crippen molar-refractivity contribution in [1.29, 1.82) is 0 Å². The second-order valence-electron chi connectivity index (χ2n) is 7.03. The topological polar surface area (TPSA) is 97.4 Å². The molecule has 1 atom stereocenters. The minimum atomic E-state index is -0.0813. The molecule has 150 valence electrons. The van der Waals surface area contributed by atoms with Crippen LogP contribution in [-0.2, 0) is 6.61 Å². The average Bonchev–Trinajstić information content (AvgIpc) is 3.03. The lowest BCUT2D eigenvalue weighted by Crippen LogP contribution is -2.36. The van der Waals surface area contributed by atoms with E-state index in [9.17, 15) is 5.11 Å². The van der Waals surface area contributed by atoms with Gasteiger partial charge in [-0.2, -0.15) is 15.0 Å². The Morgan fingerprint density at radius 3 is 2.75 bits per heavy atom. The van der Waals surface area contributed by atoms with Crippen molar-refractivity contribution in [3.8, 4) is 6.01 Å². The summed E-state index contributed by atoms with van der Waals surface area (Å²) in [6.45, 7) is 4.55. The lowest BCUT2D eigenvalue weighted by Gasteiger charge is -2.29. The number of nitrogens with two attached hydrogens (primary N) is 1. The number of ether oxygens (including phenoxy) is 1. The third-order valence-electron chi connectivity index (χ3n) is 4.33. The van der Waals surface area contributed by atoms with Gasteiger partial charge < -0.3 is 20.5 Å². The molecule has 3 aromatic rings. The lowest BCUT2D eigenvalue weighted by molar-refractivity contribution is 0.244. The van der Waals surface area contributed by atoms with E-state index in [4.69, 9.17) is 22.1 Å². The number of thiazole rings is 1. The second-order valence-corrected chi connectivity index (χ2v) is 8.50. The largest absolute Gasteiger partial charge is 0.458 e. The maximum atomic E-state index is 9.87. The number of aliphatic hydroxyl groups is 1. The molecule has 9 heteroatoms. The van der Waals surface area contributed by atoms with E-state index in [1.54, 1.807) is 0 Å².